The minimum Gasteiger partial charge on any atom is -0.301 e. The third-order valence-electron chi connectivity index (χ3n) is 2.05. The van der Waals surface area contributed by atoms with Crippen LogP contribution in [0.5, 0.6) is 0 Å². The second-order valence-electron chi connectivity index (χ2n) is 3.68. The van der Waals surface area contributed by atoms with Crippen LogP contribution in [-0.2, 0) is 6.54 Å². The van der Waals surface area contributed by atoms with Crippen LogP contribution in [0.25, 0.3) is 0 Å². The van der Waals surface area contributed by atoms with E-state index < -0.39 is 11.6 Å². The Balaban J connectivity index is 2.71. The fraction of sp³-hybridized carbons (Fsp3) is 0.455. The summed E-state index contributed by atoms with van der Waals surface area (Å²) in [5.74, 6) is -0.965. The highest BCUT2D eigenvalue weighted by atomic mass is 79.9. The molecule has 1 atom stereocenters. The predicted octanol–water partition coefficient (Wildman–Crippen LogP) is 3.18. The molecule has 0 heterocycles. The van der Waals surface area contributed by atoms with Crippen molar-refractivity contribution in [2.75, 3.05) is 13.6 Å². The molecule has 4 heteroatoms. The molecule has 0 aliphatic rings. The van der Waals surface area contributed by atoms with Crippen molar-refractivity contribution in [2.24, 2.45) is 0 Å². The van der Waals surface area contributed by atoms with Crippen molar-refractivity contribution in [2.45, 2.75) is 18.3 Å². The zero-order valence-electron chi connectivity index (χ0n) is 8.80. The van der Waals surface area contributed by atoms with Gasteiger partial charge in [0.2, 0.25) is 0 Å². The molecule has 0 saturated heterocycles. The molecule has 1 aromatic carbocycles. The summed E-state index contributed by atoms with van der Waals surface area (Å²) in [5.41, 5.74) is 0.133. The van der Waals surface area contributed by atoms with Crippen LogP contribution in [0.3, 0.4) is 0 Å². The van der Waals surface area contributed by atoms with Gasteiger partial charge in [-0.3, -0.25) is 0 Å². The fourth-order valence-corrected chi connectivity index (χ4v) is 1.94. The molecule has 84 valence electrons. The number of benzene rings is 1. The van der Waals surface area contributed by atoms with Crippen LogP contribution in [0, 0.1) is 11.6 Å². The Morgan fingerprint density at radius 3 is 2.33 bits per heavy atom. The molecule has 0 saturated carbocycles. The zero-order valence-corrected chi connectivity index (χ0v) is 10.4. The molecule has 1 nitrogen and oxygen atoms in total. The first-order valence-corrected chi connectivity index (χ1v) is 5.67. The van der Waals surface area contributed by atoms with Crippen LogP contribution >= 0.6 is 15.9 Å². The maximum atomic E-state index is 13.3. The van der Waals surface area contributed by atoms with Gasteiger partial charge in [-0.25, -0.2) is 8.78 Å². The molecule has 0 aliphatic heterocycles. The minimum atomic E-state index is -0.482. The van der Waals surface area contributed by atoms with Crippen LogP contribution < -0.4 is 0 Å². The Hall–Kier alpha value is -0.480. The summed E-state index contributed by atoms with van der Waals surface area (Å²) in [6.07, 6.45) is 0. The maximum Gasteiger partial charge on any atom is 0.130 e. The number of nitrogens with zero attached hydrogens (tertiary/aromatic N) is 1. The largest absolute Gasteiger partial charge is 0.301 e. The van der Waals surface area contributed by atoms with Gasteiger partial charge in [0.25, 0.3) is 0 Å². The van der Waals surface area contributed by atoms with Gasteiger partial charge < -0.3 is 4.90 Å². The van der Waals surface area contributed by atoms with E-state index in [1.54, 1.807) is 0 Å². The molecule has 0 amide bonds. The highest BCUT2D eigenvalue weighted by Crippen LogP contribution is 2.14. The number of halogens is 3. The first-order chi connectivity index (χ1) is 7.00. The predicted molar refractivity (Wildman–Crippen MR) is 61.1 cm³/mol. The minimum absolute atomic E-state index is 0.133. The SMILES string of the molecule is CC(Br)CN(C)Cc1c(F)cccc1F. The van der Waals surface area contributed by atoms with E-state index in [-0.39, 0.29) is 12.1 Å². The van der Waals surface area contributed by atoms with E-state index in [9.17, 15) is 8.78 Å². The third-order valence-corrected chi connectivity index (χ3v) is 2.34. The van der Waals surface area contributed by atoms with Gasteiger partial charge in [0.1, 0.15) is 11.6 Å². The molecule has 0 aliphatic carbocycles. The van der Waals surface area contributed by atoms with Crippen molar-refractivity contribution in [1.29, 1.82) is 0 Å². The standard InChI is InChI=1S/C11H14BrF2N/c1-8(12)6-15(2)7-9-10(13)4-3-5-11(9)14/h3-5,8H,6-7H2,1-2H3. The summed E-state index contributed by atoms with van der Waals surface area (Å²) < 4.78 is 26.5. The molecule has 0 fully saturated rings. The van der Waals surface area contributed by atoms with Crippen molar-refractivity contribution in [3.05, 3.63) is 35.4 Å². The average Bonchev–Trinajstić information content (AvgIpc) is 2.10. The highest BCUT2D eigenvalue weighted by molar-refractivity contribution is 9.09. The number of rotatable bonds is 4. The summed E-state index contributed by atoms with van der Waals surface area (Å²) >= 11 is 3.40. The molecule has 0 N–H and O–H groups in total. The molecular weight excluding hydrogens is 264 g/mol. The van der Waals surface area contributed by atoms with Gasteiger partial charge in [-0.1, -0.05) is 28.9 Å². The Morgan fingerprint density at radius 1 is 1.33 bits per heavy atom. The van der Waals surface area contributed by atoms with Crippen molar-refractivity contribution in [3.63, 3.8) is 0 Å². The van der Waals surface area contributed by atoms with Gasteiger partial charge in [0.15, 0.2) is 0 Å². The van der Waals surface area contributed by atoms with Gasteiger partial charge in [-0.05, 0) is 19.2 Å². The summed E-state index contributed by atoms with van der Waals surface area (Å²) in [5, 5.41) is 0. The molecule has 1 rings (SSSR count). The summed E-state index contributed by atoms with van der Waals surface area (Å²) in [6.45, 7) is 3.02. The van der Waals surface area contributed by atoms with E-state index in [2.05, 4.69) is 15.9 Å². The Labute approximate surface area is 97.2 Å². The molecule has 0 aromatic heterocycles. The van der Waals surface area contributed by atoms with Crippen molar-refractivity contribution >= 4 is 15.9 Å². The lowest BCUT2D eigenvalue weighted by Crippen LogP contribution is -2.25. The van der Waals surface area contributed by atoms with E-state index in [0.717, 1.165) is 6.54 Å². The molecule has 0 spiro atoms. The van der Waals surface area contributed by atoms with E-state index in [0.29, 0.717) is 4.83 Å². The van der Waals surface area contributed by atoms with Crippen molar-refractivity contribution in [1.82, 2.24) is 4.90 Å². The second-order valence-corrected chi connectivity index (χ2v) is 5.24. The molecule has 0 bridgehead atoms. The van der Waals surface area contributed by atoms with Crippen LogP contribution in [0.4, 0.5) is 8.78 Å². The Kier molecular flexibility index (Phi) is 4.67. The average molecular weight is 278 g/mol. The van der Waals surface area contributed by atoms with Gasteiger partial charge in [-0.15, -0.1) is 0 Å². The van der Waals surface area contributed by atoms with Crippen molar-refractivity contribution in [3.8, 4) is 0 Å². The summed E-state index contributed by atoms with van der Waals surface area (Å²) in [4.78, 5) is 2.18. The second kappa shape index (κ2) is 5.56. The van der Waals surface area contributed by atoms with E-state index in [1.165, 1.54) is 18.2 Å². The first kappa shape index (κ1) is 12.6. The molecule has 15 heavy (non-hydrogen) atoms. The maximum absolute atomic E-state index is 13.3. The molecule has 0 radical (unpaired) electrons. The van der Waals surface area contributed by atoms with Gasteiger partial charge >= 0.3 is 0 Å². The fourth-order valence-electron chi connectivity index (χ4n) is 1.45. The molecular formula is C11H14BrF2N. The van der Waals surface area contributed by atoms with Crippen molar-refractivity contribution < 1.29 is 8.78 Å². The van der Waals surface area contributed by atoms with Gasteiger partial charge in [-0.2, -0.15) is 0 Å². The smallest absolute Gasteiger partial charge is 0.130 e. The summed E-state index contributed by atoms with van der Waals surface area (Å²) in [7, 11) is 1.84. The summed E-state index contributed by atoms with van der Waals surface area (Å²) in [6, 6.07) is 3.94. The van der Waals surface area contributed by atoms with Crippen LogP contribution in [-0.4, -0.2) is 23.3 Å². The van der Waals surface area contributed by atoms with Crippen LogP contribution in [0.1, 0.15) is 12.5 Å². The van der Waals surface area contributed by atoms with E-state index >= 15 is 0 Å². The number of alkyl halides is 1. The van der Waals surface area contributed by atoms with Crippen LogP contribution in [0.15, 0.2) is 18.2 Å². The highest BCUT2D eigenvalue weighted by Gasteiger charge is 2.11. The Bertz CT molecular complexity index is 308. The number of hydrogen-bond donors (Lipinski definition) is 0. The van der Waals surface area contributed by atoms with E-state index in [4.69, 9.17) is 0 Å². The first-order valence-electron chi connectivity index (χ1n) is 4.76. The number of hydrogen-bond acceptors (Lipinski definition) is 1. The topological polar surface area (TPSA) is 3.24 Å². The van der Waals surface area contributed by atoms with E-state index in [1.807, 2.05) is 18.9 Å². The van der Waals surface area contributed by atoms with Gasteiger partial charge in [0, 0.05) is 23.5 Å². The monoisotopic (exact) mass is 277 g/mol. The lowest BCUT2D eigenvalue weighted by Gasteiger charge is -2.18. The van der Waals surface area contributed by atoms with Crippen LogP contribution in [0.2, 0.25) is 0 Å². The lowest BCUT2D eigenvalue weighted by molar-refractivity contribution is 0.320. The molecule has 1 unspecified atom stereocenters. The van der Waals surface area contributed by atoms with Gasteiger partial charge in [0.05, 0.1) is 0 Å². The molecule has 1 aromatic rings. The Morgan fingerprint density at radius 2 is 1.87 bits per heavy atom. The third kappa shape index (κ3) is 3.87. The normalized spacial score (nSPS) is 13.2. The lowest BCUT2D eigenvalue weighted by atomic mass is 10.2. The zero-order chi connectivity index (χ0) is 11.4. The quantitative estimate of drug-likeness (QED) is 0.765.